The number of hydrogen-bond acceptors (Lipinski definition) is 2. The molecule has 0 radical (unpaired) electrons. The van der Waals surface area contributed by atoms with Crippen molar-refractivity contribution in [3.8, 4) is 0 Å². The fourth-order valence-corrected chi connectivity index (χ4v) is 6.58. The van der Waals surface area contributed by atoms with Gasteiger partial charge >= 0.3 is 0 Å². The summed E-state index contributed by atoms with van der Waals surface area (Å²) in [6.45, 7) is 14.6. The lowest BCUT2D eigenvalue weighted by atomic mass is 9.68. The summed E-state index contributed by atoms with van der Waals surface area (Å²) in [5.41, 5.74) is 5.32. The molecule has 3 aliphatic rings. The number of allylic oxidation sites excluding steroid dienone is 5. The van der Waals surface area contributed by atoms with Gasteiger partial charge in [-0.25, -0.2) is 0 Å². The minimum absolute atomic E-state index is 0.398. The summed E-state index contributed by atoms with van der Waals surface area (Å²) < 4.78 is 0. The molecule has 0 aromatic heterocycles. The molecule has 0 amide bonds. The van der Waals surface area contributed by atoms with Gasteiger partial charge in [0.2, 0.25) is 0 Å². The van der Waals surface area contributed by atoms with Crippen molar-refractivity contribution >= 4 is 6.21 Å². The molecule has 4 atom stereocenters. The van der Waals surface area contributed by atoms with Crippen molar-refractivity contribution in [2.45, 2.75) is 86.5 Å². The Kier molecular flexibility index (Phi) is 6.57. The summed E-state index contributed by atoms with van der Waals surface area (Å²) in [4.78, 5) is 5.51. The fourth-order valence-electron chi connectivity index (χ4n) is 6.58. The van der Waals surface area contributed by atoms with Crippen LogP contribution in [0.2, 0.25) is 0 Å². The van der Waals surface area contributed by atoms with E-state index in [4.69, 9.17) is 4.84 Å². The van der Waals surface area contributed by atoms with Gasteiger partial charge in [-0.05, 0) is 100 Å². The topological polar surface area (TPSA) is 21.6 Å². The first-order chi connectivity index (χ1) is 13.3. The average Bonchev–Trinajstić information content (AvgIpc) is 3.11. The highest BCUT2D eigenvalue weighted by molar-refractivity contribution is 5.72. The Morgan fingerprint density at radius 1 is 1.11 bits per heavy atom. The lowest BCUT2D eigenvalue weighted by molar-refractivity contribution is 0.141. The van der Waals surface area contributed by atoms with E-state index in [0.717, 1.165) is 30.6 Å². The molecule has 0 saturated heterocycles. The van der Waals surface area contributed by atoms with Crippen molar-refractivity contribution < 1.29 is 4.84 Å². The van der Waals surface area contributed by atoms with Crippen LogP contribution in [-0.4, -0.2) is 12.8 Å². The Morgan fingerprint density at radius 2 is 1.89 bits per heavy atom. The maximum absolute atomic E-state index is 5.51. The van der Waals surface area contributed by atoms with E-state index >= 15 is 0 Å². The Bertz CT molecular complexity index is 677. The third-order valence-electron chi connectivity index (χ3n) is 7.94. The average molecular weight is 384 g/mol. The van der Waals surface area contributed by atoms with E-state index in [2.05, 4.69) is 64.9 Å². The molecule has 3 fully saturated rings. The van der Waals surface area contributed by atoms with Gasteiger partial charge in [-0.2, -0.15) is 0 Å². The van der Waals surface area contributed by atoms with Crippen LogP contribution in [0.3, 0.4) is 0 Å². The second kappa shape index (κ2) is 8.59. The van der Waals surface area contributed by atoms with Crippen LogP contribution in [-0.2, 0) is 4.84 Å². The molecule has 3 aliphatic carbocycles. The van der Waals surface area contributed by atoms with Crippen LogP contribution in [0.4, 0.5) is 0 Å². The van der Waals surface area contributed by atoms with Crippen LogP contribution in [0.5, 0.6) is 0 Å². The molecule has 156 valence electrons. The van der Waals surface area contributed by atoms with E-state index in [-0.39, 0.29) is 0 Å². The van der Waals surface area contributed by atoms with E-state index < -0.39 is 0 Å². The van der Waals surface area contributed by atoms with Crippen molar-refractivity contribution in [3.63, 3.8) is 0 Å². The Labute approximate surface area is 173 Å². The minimum atomic E-state index is 0.398. The first-order valence-corrected chi connectivity index (χ1v) is 11.4. The van der Waals surface area contributed by atoms with Crippen molar-refractivity contribution in [1.29, 1.82) is 0 Å². The number of rotatable bonds is 7. The highest BCUT2D eigenvalue weighted by atomic mass is 16.6. The van der Waals surface area contributed by atoms with Gasteiger partial charge in [-0.3, -0.25) is 0 Å². The highest BCUT2D eigenvalue weighted by Crippen LogP contribution is 2.70. The van der Waals surface area contributed by atoms with Crippen molar-refractivity contribution in [2.24, 2.45) is 33.7 Å². The predicted octanol–water partition coefficient (Wildman–Crippen LogP) is 7.48. The van der Waals surface area contributed by atoms with Gasteiger partial charge in [-0.15, -0.1) is 0 Å². The zero-order valence-corrected chi connectivity index (χ0v) is 19.1. The Hall–Kier alpha value is -1.31. The number of oxime groups is 1. The molecule has 3 rings (SSSR count). The molecular formula is C26H41NO. The van der Waals surface area contributed by atoms with Crippen LogP contribution in [0.1, 0.15) is 86.5 Å². The van der Waals surface area contributed by atoms with E-state index in [9.17, 15) is 0 Å². The largest absolute Gasteiger partial charge is 0.392 e. The van der Waals surface area contributed by atoms with Crippen LogP contribution >= 0.6 is 0 Å². The molecule has 0 aliphatic heterocycles. The lowest BCUT2D eigenvalue weighted by Gasteiger charge is -2.36. The summed E-state index contributed by atoms with van der Waals surface area (Å²) in [5, 5.41) is 4.25. The maximum atomic E-state index is 5.51. The van der Waals surface area contributed by atoms with E-state index in [1.807, 2.05) is 6.21 Å². The normalized spacial score (nSPS) is 35.4. The second-order valence-corrected chi connectivity index (χ2v) is 10.6. The zero-order chi connectivity index (χ0) is 20.4. The molecule has 2 heteroatoms. The molecule has 28 heavy (non-hydrogen) atoms. The molecule has 0 spiro atoms. The predicted molar refractivity (Wildman–Crippen MR) is 120 cm³/mol. The van der Waals surface area contributed by atoms with Crippen LogP contribution < -0.4 is 0 Å². The standard InChI is InChI=1S/C26H41NO/c1-19(2)9-7-10-20(3)14-18-28-27-17-13-22-21-11-12-23-24(21)25(4,5)15-8-16-26(22,23)6/h9,13-14,17,21,23-24H,7-8,10-12,15-16,18H2,1-6H3/b20-14+,22-13-,27-17+/t21-,23-,24+,26-/m1/s1. The first-order valence-electron chi connectivity index (χ1n) is 11.4. The van der Waals surface area contributed by atoms with Crippen LogP contribution in [0.25, 0.3) is 0 Å². The molecule has 0 aromatic carbocycles. The fraction of sp³-hybridized carbons (Fsp3) is 0.731. The van der Waals surface area contributed by atoms with E-state index in [1.165, 1.54) is 43.3 Å². The Balaban J connectivity index is 1.57. The molecule has 2 nitrogen and oxygen atoms in total. The van der Waals surface area contributed by atoms with Crippen LogP contribution in [0, 0.1) is 28.6 Å². The molecule has 0 N–H and O–H groups in total. The Morgan fingerprint density at radius 3 is 2.64 bits per heavy atom. The van der Waals surface area contributed by atoms with Crippen molar-refractivity contribution in [3.05, 3.63) is 34.9 Å². The van der Waals surface area contributed by atoms with Crippen molar-refractivity contribution in [2.75, 3.05) is 6.61 Å². The molecule has 3 saturated carbocycles. The minimum Gasteiger partial charge on any atom is -0.392 e. The highest BCUT2D eigenvalue weighted by Gasteiger charge is 2.62. The van der Waals surface area contributed by atoms with Gasteiger partial charge in [0, 0.05) is 0 Å². The van der Waals surface area contributed by atoms with E-state index in [0.29, 0.717) is 17.4 Å². The number of hydrogen-bond donors (Lipinski definition) is 0. The van der Waals surface area contributed by atoms with Crippen LogP contribution in [0.15, 0.2) is 40.1 Å². The van der Waals surface area contributed by atoms with Gasteiger partial charge in [0.1, 0.15) is 6.61 Å². The summed E-state index contributed by atoms with van der Waals surface area (Å²) in [5.74, 6) is 2.52. The van der Waals surface area contributed by atoms with Gasteiger partial charge in [0.25, 0.3) is 0 Å². The van der Waals surface area contributed by atoms with Gasteiger partial charge < -0.3 is 4.84 Å². The SMILES string of the molecule is CC(C)=CCC/C(C)=C/CO/N=C/C=C1/[C@H]2CC[C@@H]3[C@H]2C(C)(C)CCC[C@]13C. The van der Waals surface area contributed by atoms with E-state index in [1.54, 1.807) is 5.57 Å². The third-order valence-corrected chi connectivity index (χ3v) is 7.94. The first kappa shape index (κ1) is 21.4. The van der Waals surface area contributed by atoms with Gasteiger partial charge in [0.15, 0.2) is 0 Å². The maximum Gasteiger partial charge on any atom is 0.135 e. The summed E-state index contributed by atoms with van der Waals surface area (Å²) in [6.07, 6.45) is 17.8. The van der Waals surface area contributed by atoms with Gasteiger partial charge in [-0.1, -0.05) is 55.1 Å². The number of nitrogens with zero attached hydrogens (tertiary/aromatic N) is 1. The quantitative estimate of drug-likeness (QED) is 0.193. The summed E-state index contributed by atoms with van der Waals surface area (Å²) in [7, 11) is 0. The molecule has 0 aromatic rings. The molecule has 4 bridgehead atoms. The van der Waals surface area contributed by atoms with Gasteiger partial charge in [0.05, 0.1) is 6.21 Å². The molecular weight excluding hydrogens is 342 g/mol. The molecule has 0 unspecified atom stereocenters. The summed E-state index contributed by atoms with van der Waals surface area (Å²) >= 11 is 0. The summed E-state index contributed by atoms with van der Waals surface area (Å²) in [6, 6.07) is 0. The second-order valence-electron chi connectivity index (χ2n) is 10.6. The monoisotopic (exact) mass is 383 g/mol. The lowest BCUT2D eigenvalue weighted by Crippen LogP contribution is -2.28. The third kappa shape index (κ3) is 4.31. The van der Waals surface area contributed by atoms with Crippen molar-refractivity contribution in [1.82, 2.24) is 0 Å². The molecule has 0 heterocycles. The smallest absolute Gasteiger partial charge is 0.135 e. The zero-order valence-electron chi connectivity index (χ0n) is 19.1.